The third-order valence-electron chi connectivity index (χ3n) is 4.02. The molecular formula is C19H11BClF6N3O2. The molecule has 1 amide bonds. The van der Waals surface area contributed by atoms with E-state index in [2.05, 4.69) is 5.10 Å². The highest BCUT2D eigenvalue weighted by Crippen LogP contribution is 2.35. The summed E-state index contributed by atoms with van der Waals surface area (Å²) in [4.78, 5) is 12.2. The summed E-state index contributed by atoms with van der Waals surface area (Å²) in [5, 5.41) is 5.47. The van der Waals surface area contributed by atoms with E-state index in [1.807, 2.05) is 5.32 Å². The third kappa shape index (κ3) is 5.36. The van der Waals surface area contributed by atoms with Crippen LogP contribution in [0.1, 0.15) is 11.3 Å². The van der Waals surface area contributed by atoms with E-state index in [-0.39, 0.29) is 16.2 Å². The summed E-state index contributed by atoms with van der Waals surface area (Å²) in [6.45, 7) is -0.908. The van der Waals surface area contributed by atoms with Gasteiger partial charge < -0.3 is 10.1 Å². The molecule has 0 atom stereocenters. The second kappa shape index (κ2) is 8.77. The second-order valence-corrected chi connectivity index (χ2v) is 6.78. The topological polar surface area (TPSA) is 56.1 Å². The van der Waals surface area contributed by atoms with Crippen molar-refractivity contribution in [3.8, 4) is 11.6 Å². The summed E-state index contributed by atoms with van der Waals surface area (Å²) >= 11 is 6.00. The van der Waals surface area contributed by atoms with Gasteiger partial charge in [0, 0.05) is 6.07 Å². The Morgan fingerprint density at radius 2 is 1.75 bits per heavy atom. The van der Waals surface area contributed by atoms with Crippen molar-refractivity contribution in [2.75, 3.05) is 11.9 Å². The number of nitrogens with one attached hydrogen (secondary N) is 1. The van der Waals surface area contributed by atoms with Crippen molar-refractivity contribution in [3.05, 3.63) is 64.8 Å². The molecule has 2 radical (unpaired) electrons. The number of amides is 1. The van der Waals surface area contributed by atoms with Gasteiger partial charge in [-0.2, -0.15) is 36.1 Å². The molecule has 5 nitrogen and oxygen atoms in total. The van der Waals surface area contributed by atoms with Gasteiger partial charge in [-0.3, -0.25) is 4.79 Å². The van der Waals surface area contributed by atoms with Crippen LogP contribution in [0.5, 0.6) is 5.88 Å². The lowest BCUT2D eigenvalue weighted by molar-refractivity contribution is -0.141. The summed E-state index contributed by atoms with van der Waals surface area (Å²) in [5.74, 6) is -1.55. The molecule has 0 saturated heterocycles. The normalized spacial score (nSPS) is 12.0. The number of benzene rings is 2. The minimum Gasteiger partial charge on any atom is -0.467 e. The summed E-state index contributed by atoms with van der Waals surface area (Å²) < 4.78 is 84.7. The van der Waals surface area contributed by atoms with E-state index >= 15 is 0 Å². The number of nitrogens with zero attached hydrogens (tertiary/aromatic N) is 2. The summed E-state index contributed by atoms with van der Waals surface area (Å²) in [5.41, 5.74) is -3.22. The lowest BCUT2D eigenvalue weighted by Gasteiger charge is -2.15. The molecular weight excluding hydrogens is 462 g/mol. The lowest BCUT2D eigenvalue weighted by Crippen LogP contribution is -2.24. The molecule has 0 saturated carbocycles. The van der Waals surface area contributed by atoms with Crippen molar-refractivity contribution in [1.29, 1.82) is 0 Å². The zero-order chi connectivity index (χ0) is 23.7. The molecule has 3 rings (SSSR count). The van der Waals surface area contributed by atoms with E-state index in [1.165, 1.54) is 18.2 Å². The van der Waals surface area contributed by atoms with Crippen molar-refractivity contribution in [2.45, 2.75) is 12.4 Å². The molecule has 0 bridgehead atoms. The van der Waals surface area contributed by atoms with Gasteiger partial charge in [0.2, 0.25) is 5.88 Å². The maximum atomic E-state index is 13.2. The van der Waals surface area contributed by atoms with Gasteiger partial charge in [-0.15, -0.1) is 0 Å². The fourth-order valence-corrected chi connectivity index (χ4v) is 2.85. The van der Waals surface area contributed by atoms with Gasteiger partial charge in [-0.1, -0.05) is 41.3 Å². The van der Waals surface area contributed by atoms with Crippen LogP contribution < -0.4 is 15.5 Å². The SMILES string of the molecule is [B]c1ccc(NC(=O)COc2cc(C(F)(F)F)nn2-c2ccccc2Cl)c(C(F)(F)F)c1. The molecule has 0 aliphatic rings. The molecule has 0 unspecified atom stereocenters. The lowest BCUT2D eigenvalue weighted by atomic mass is 9.93. The van der Waals surface area contributed by atoms with Gasteiger partial charge in [0.05, 0.1) is 22.0 Å². The van der Waals surface area contributed by atoms with Crippen molar-refractivity contribution < 1.29 is 35.9 Å². The standard InChI is InChI=1S/C19H11BClF6N3O2/c20-10-5-6-13(11(7-10)18(22,23)24)28-16(31)9-32-17-8-15(19(25,26)27)29-30(17)14-4-2-1-3-12(14)21/h1-8H,9H2,(H,28,31). The van der Waals surface area contributed by atoms with E-state index < -0.39 is 47.7 Å². The average molecular weight is 474 g/mol. The van der Waals surface area contributed by atoms with Crippen LogP contribution in [-0.2, 0) is 17.1 Å². The first-order valence-electron chi connectivity index (χ1n) is 8.68. The van der Waals surface area contributed by atoms with Crippen molar-refractivity contribution in [2.24, 2.45) is 0 Å². The molecule has 0 fully saturated rings. The Labute approximate surface area is 183 Å². The maximum absolute atomic E-state index is 13.2. The molecule has 32 heavy (non-hydrogen) atoms. The first-order chi connectivity index (χ1) is 14.9. The number of alkyl halides is 6. The Morgan fingerprint density at radius 1 is 1.06 bits per heavy atom. The van der Waals surface area contributed by atoms with Gasteiger partial charge >= 0.3 is 12.4 Å². The number of carbonyl (C=O) groups is 1. The quantitative estimate of drug-likeness (QED) is 0.442. The number of carbonyl (C=O) groups excluding carboxylic acids is 1. The number of para-hydroxylation sites is 1. The van der Waals surface area contributed by atoms with Crippen LogP contribution in [0.15, 0.2) is 48.5 Å². The predicted octanol–water partition coefficient (Wildman–Crippen LogP) is 4.37. The number of ether oxygens (including phenoxy) is 1. The molecule has 1 aromatic heterocycles. The van der Waals surface area contributed by atoms with E-state index in [9.17, 15) is 31.1 Å². The monoisotopic (exact) mass is 473 g/mol. The molecule has 0 spiro atoms. The first kappa shape index (κ1) is 23.5. The summed E-state index contributed by atoms with van der Waals surface area (Å²) in [6.07, 6.45) is -9.62. The fraction of sp³-hybridized carbons (Fsp3) is 0.158. The Kier molecular flexibility index (Phi) is 6.45. The van der Waals surface area contributed by atoms with E-state index in [4.69, 9.17) is 24.2 Å². The highest BCUT2D eigenvalue weighted by atomic mass is 35.5. The molecule has 166 valence electrons. The van der Waals surface area contributed by atoms with Gasteiger partial charge in [-0.05, 0) is 18.2 Å². The van der Waals surface area contributed by atoms with Crippen LogP contribution in [0.25, 0.3) is 5.69 Å². The zero-order valence-corrected chi connectivity index (χ0v) is 16.5. The number of rotatable bonds is 5. The Balaban J connectivity index is 1.84. The van der Waals surface area contributed by atoms with E-state index in [0.717, 1.165) is 16.8 Å². The molecule has 1 heterocycles. The maximum Gasteiger partial charge on any atom is 0.435 e. The van der Waals surface area contributed by atoms with Crippen LogP contribution in [0.4, 0.5) is 32.0 Å². The van der Waals surface area contributed by atoms with Crippen molar-refractivity contribution in [1.82, 2.24) is 9.78 Å². The third-order valence-corrected chi connectivity index (χ3v) is 4.34. The van der Waals surface area contributed by atoms with Gasteiger partial charge in [0.1, 0.15) is 7.85 Å². The number of aromatic nitrogens is 2. The van der Waals surface area contributed by atoms with E-state index in [0.29, 0.717) is 12.1 Å². The van der Waals surface area contributed by atoms with Crippen LogP contribution in [0.3, 0.4) is 0 Å². The number of halogens is 7. The first-order valence-corrected chi connectivity index (χ1v) is 9.05. The largest absolute Gasteiger partial charge is 0.467 e. The molecule has 2 aromatic carbocycles. The Hall–Kier alpha value is -3.15. The van der Waals surface area contributed by atoms with Crippen LogP contribution in [0, 0.1) is 0 Å². The van der Waals surface area contributed by atoms with Gasteiger partial charge in [-0.25, -0.2) is 0 Å². The molecule has 13 heteroatoms. The minimum atomic E-state index is -4.82. The number of anilines is 1. The van der Waals surface area contributed by atoms with Crippen LogP contribution in [0.2, 0.25) is 5.02 Å². The molecule has 1 N–H and O–H groups in total. The van der Waals surface area contributed by atoms with Gasteiger partial charge in [0.25, 0.3) is 5.91 Å². The predicted molar refractivity (Wildman–Crippen MR) is 105 cm³/mol. The van der Waals surface area contributed by atoms with Crippen LogP contribution in [-0.4, -0.2) is 30.1 Å². The smallest absolute Gasteiger partial charge is 0.435 e. The number of hydrogen-bond donors (Lipinski definition) is 1. The van der Waals surface area contributed by atoms with Crippen LogP contribution >= 0.6 is 11.6 Å². The average Bonchev–Trinajstić information content (AvgIpc) is 3.12. The summed E-state index contributed by atoms with van der Waals surface area (Å²) in [6, 6.07) is 9.08. The van der Waals surface area contributed by atoms with E-state index in [1.54, 1.807) is 6.07 Å². The Bertz CT molecular complexity index is 1150. The summed E-state index contributed by atoms with van der Waals surface area (Å²) in [7, 11) is 5.36. The highest BCUT2D eigenvalue weighted by molar-refractivity contribution is 6.32. The minimum absolute atomic E-state index is 0.0398. The Morgan fingerprint density at radius 3 is 2.38 bits per heavy atom. The molecule has 0 aliphatic heterocycles. The zero-order valence-electron chi connectivity index (χ0n) is 15.8. The number of hydrogen-bond acceptors (Lipinski definition) is 3. The van der Waals surface area contributed by atoms with Gasteiger partial charge in [0.15, 0.2) is 12.3 Å². The second-order valence-electron chi connectivity index (χ2n) is 6.37. The fourth-order valence-electron chi connectivity index (χ4n) is 2.63. The van der Waals surface area contributed by atoms with Crippen molar-refractivity contribution >= 4 is 36.5 Å². The van der Waals surface area contributed by atoms with Crippen molar-refractivity contribution in [3.63, 3.8) is 0 Å². The molecule has 3 aromatic rings. The molecule has 0 aliphatic carbocycles. The highest BCUT2D eigenvalue weighted by Gasteiger charge is 2.36.